The van der Waals surface area contributed by atoms with Crippen LogP contribution in [0, 0.1) is 5.92 Å². The molecule has 6 N–H and O–H groups in total. The number of anilines is 1. The lowest BCUT2D eigenvalue weighted by Gasteiger charge is -2.11. The summed E-state index contributed by atoms with van der Waals surface area (Å²) in [5.41, 5.74) is 12.0. The fourth-order valence-corrected chi connectivity index (χ4v) is 2.24. The standard InChI is InChI=1S/C17H22N4O3/c1-10(2)7-8-24-14-6-4-3-5-11(14)13-9-12(15(18)22)16(20-13)21-17(19)23/h3-6,9-10,20H,7-8H2,1-2H3,(H2,18,22)(H3,19,21,23). The maximum atomic E-state index is 11.6. The molecule has 1 aromatic heterocycles. The van der Waals surface area contributed by atoms with Gasteiger partial charge in [-0.25, -0.2) is 4.79 Å². The van der Waals surface area contributed by atoms with Crippen LogP contribution >= 0.6 is 0 Å². The number of carbonyl (C=O) groups excluding carboxylic acids is 2. The topological polar surface area (TPSA) is 123 Å². The summed E-state index contributed by atoms with van der Waals surface area (Å²) in [5.74, 6) is 0.720. The van der Waals surface area contributed by atoms with E-state index in [-0.39, 0.29) is 11.4 Å². The first-order valence-corrected chi connectivity index (χ1v) is 7.70. The number of ether oxygens (including phenoxy) is 1. The van der Waals surface area contributed by atoms with Crippen LogP contribution in [0.1, 0.15) is 30.6 Å². The predicted octanol–water partition coefficient (Wildman–Crippen LogP) is 2.70. The molecular formula is C17H22N4O3. The second-order valence-electron chi connectivity index (χ2n) is 5.85. The Morgan fingerprint density at radius 1 is 1.25 bits per heavy atom. The molecule has 3 amide bonds. The minimum absolute atomic E-state index is 0.154. The maximum absolute atomic E-state index is 11.6. The smallest absolute Gasteiger partial charge is 0.317 e. The Morgan fingerprint density at radius 2 is 1.96 bits per heavy atom. The van der Waals surface area contributed by atoms with E-state index in [9.17, 15) is 9.59 Å². The predicted molar refractivity (Wildman–Crippen MR) is 92.9 cm³/mol. The van der Waals surface area contributed by atoms with Crippen molar-refractivity contribution in [2.75, 3.05) is 11.9 Å². The second kappa shape index (κ2) is 7.54. The molecule has 2 rings (SSSR count). The van der Waals surface area contributed by atoms with Crippen molar-refractivity contribution in [2.24, 2.45) is 17.4 Å². The molecule has 0 unspecified atom stereocenters. The number of nitrogens with two attached hydrogens (primary N) is 2. The fourth-order valence-electron chi connectivity index (χ4n) is 2.24. The lowest BCUT2D eigenvalue weighted by atomic mass is 10.1. The fraction of sp³-hybridized carbons (Fsp3) is 0.294. The second-order valence-corrected chi connectivity index (χ2v) is 5.85. The van der Waals surface area contributed by atoms with Gasteiger partial charge in [-0.1, -0.05) is 26.0 Å². The molecule has 7 heteroatoms. The van der Waals surface area contributed by atoms with E-state index < -0.39 is 11.9 Å². The molecule has 0 radical (unpaired) electrons. The normalized spacial score (nSPS) is 10.6. The van der Waals surface area contributed by atoms with Crippen molar-refractivity contribution < 1.29 is 14.3 Å². The number of carbonyl (C=O) groups is 2. The van der Waals surface area contributed by atoms with Gasteiger partial charge in [0.15, 0.2) is 0 Å². The first kappa shape index (κ1) is 17.4. The number of hydrogen-bond acceptors (Lipinski definition) is 3. The lowest BCUT2D eigenvalue weighted by molar-refractivity contribution is 0.100. The number of H-pyrrole nitrogens is 1. The van der Waals surface area contributed by atoms with Crippen molar-refractivity contribution in [3.8, 4) is 17.0 Å². The molecule has 0 fully saturated rings. The Balaban J connectivity index is 2.34. The van der Waals surface area contributed by atoms with Crippen LogP contribution in [-0.4, -0.2) is 23.5 Å². The average molecular weight is 330 g/mol. The van der Waals surface area contributed by atoms with Crippen molar-refractivity contribution in [1.82, 2.24) is 4.98 Å². The lowest BCUT2D eigenvalue weighted by Crippen LogP contribution is -2.22. The number of aromatic amines is 1. The Bertz CT molecular complexity index is 737. The van der Waals surface area contributed by atoms with Gasteiger partial charge in [-0.2, -0.15) is 0 Å². The van der Waals surface area contributed by atoms with E-state index in [2.05, 4.69) is 24.1 Å². The number of urea groups is 1. The minimum Gasteiger partial charge on any atom is -0.493 e. The van der Waals surface area contributed by atoms with Gasteiger partial charge in [0.1, 0.15) is 11.6 Å². The molecule has 0 bridgehead atoms. The molecule has 1 heterocycles. The van der Waals surface area contributed by atoms with E-state index in [1.54, 1.807) is 6.07 Å². The van der Waals surface area contributed by atoms with Crippen LogP contribution in [0.4, 0.5) is 10.6 Å². The molecule has 24 heavy (non-hydrogen) atoms. The molecule has 0 aliphatic carbocycles. The molecule has 7 nitrogen and oxygen atoms in total. The monoisotopic (exact) mass is 330 g/mol. The van der Waals surface area contributed by atoms with E-state index in [0.29, 0.717) is 24.0 Å². The first-order valence-electron chi connectivity index (χ1n) is 7.70. The number of aromatic nitrogens is 1. The molecule has 0 aliphatic rings. The van der Waals surface area contributed by atoms with Gasteiger partial charge in [0, 0.05) is 5.56 Å². The molecule has 1 aromatic carbocycles. The van der Waals surface area contributed by atoms with Gasteiger partial charge in [-0.05, 0) is 30.5 Å². The highest BCUT2D eigenvalue weighted by Crippen LogP contribution is 2.32. The number of benzene rings is 1. The van der Waals surface area contributed by atoms with Gasteiger partial charge in [0.05, 0.1) is 17.9 Å². The minimum atomic E-state index is -0.785. The van der Waals surface area contributed by atoms with Crippen LogP contribution in [0.5, 0.6) is 5.75 Å². The first-order chi connectivity index (χ1) is 11.4. The number of nitrogens with one attached hydrogen (secondary N) is 2. The van der Waals surface area contributed by atoms with E-state index >= 15 is 0 Å². The molecule has 0 aliphatic heterocycles. The van der Waals surface area contributed by atoms with E-state index in [1.165, 1.54) is 0 Å². The number of amides is 3. The Morgan fingerprint density at radius 3 is 2.58 bits per heavy atom. The van der Waals surface area contributed by atoms with Gasteiger partial charge in [0.25, 0.3) is 5.91 Å². The van der Waals surface area contributed by atoms with Crippen molar-refractivity contribution >= 4 is 17.8 Å². The highest BCUT2D eigenvalue weighted by Gasteiger charge is 2.17. The third-order valence-electron chi connectivity index (χ3n) is 3.46. The molecule has 128 valence electrons. The summed E-state index contributed by atoms with van der Waals surface area (Å²) in [6.45, 7) is 4.84. The number of rotatable bonds is 7. The zero-order valence-electron chi connectivity index (χ0n) is 13.8. The zero-order chi connectivity index (χ0) is 17.7. The van der Waals surface area contributed by atoms with Crippen molar-refractivity contribution in [3.63, 3.8) is 0 Å². The zero-order valence-corrected chi connectivity index (χ0v) is 13.8. The third kappa shape index (κ3) is 4.28. The average Bonchev–Trinajstić information content (AvgIpc) is 2.90. The highest BCUT2D eigenvalue weighted by molar-refractivity contribution is 6.03. The van der Waals surface area contributed by atoms with Gasteiger partial charge < -0.3 is 21.2 Å². The Labute approximate surface area is 140 Å². The maximum Gasteiger partial charge on any atom is 0.317 e. The van der Waals surface area contributed by atoms with E-state index in [0.717, 1.165) is 12.0 Å². The summed E-state index contributed by atoms with van der Waals surface area (Å²) in [6.07, 6.45) is 0.931. The van der Waals surface area contributed by atoms with Gasteiger partial charge in [-0.3, -0.25) is 10.1 Å². The SMILES string of the molecule is CC(C)CCOc1ccccc1-c1cc(C(N)=O)c(NC(N)=O)[nH]1. The number of primary amides is 2. The summed E-state index contributed by atoms with van der Waals surface area (Å²) < 4.78 is 5.84. The Hall–Kier alpha value is -2.96. The van der Waals surface area contributed by atoms with Gasteiger partial charge in [-0.15, -0.1) is 0 Å². The highest BCUT2D eigenvalue weighted by atomic mass is 16.5. The summed E-state index contributed by atoms with van der Waals surface area (Å²) in [4.78, 5) is 25.6. The van der Waals surface area contributed by atoms with Crippen LogP contribution in [0.3, 0.4) is 0 Å². The van der Waals surface area contributed by atoms with Crippen LogP contribution in [0.15, 0.2) is 30.3 Å². The molecule has 2 aromatic rings. The molecule has 0 spiro atoms. The largest absolute Gasteiger partial charge is 0.493 e. The molecule has 0 atom stereocenters. The van der Waals surface area contributed by atoms with Crippen LogP contribution < -0.4 is 21.5 Å². The number of para-hydroxylation sites is 1. The van der Waals surface area contributed by atoms with Crippen molar-refractivity contribution in [2.45, 2.75) is 20.3 Å². The van der Waals surface area contributed by atoms with Crippen molar-refractivity contribution in [1.29, 1.82) is 0 Å². The van der Waals surface area contributed by atoms with Gasteiger partial charge >= 0.3 is 6.03 Å². The van der Waals surface area contributed by atoms with Crippen molar-refractivity contribution in [3.05, 3.63) is 35.9 Å². The molecule has 0 saturated carbocycles. The van der Waals surface area contributed by atoms with Crippen LogP contribution in [-0.2, 0) is 0 Å². The van der Waals surface area contributed by atoms with Gasteiger partial charge in [0.2, 0.25) is 0 Å². The van der Waals surface area contributed by atoms with Crippen LogP contribution in [0.25, 0.3) is 11.3 Å². The molecule has 0 saturated heterocycles. The van der Waals surface area contributed by atoms with E-state index in [4.69, 9.17) is 16.2 Å². The summed E-state index contributed by atoms with van der Waals surface area (Å²) in [5, 5.41) is 2.36. The Kier molecular flexibility index (Phi) is 5.47. The molecular weight excluding hydrogens is 308 g/mol. The number of hydrogen-bond donors (Lipinski definition) is 4. The third-order valence-corrected chi connectivity index (χ3v) is 3.46. The van der Waals surface area contributed by atoms with Crippen LogP contribution in [0.2, 0.25) is 0 Å². The summed E-state index contributed by atoms with van der Waals surface area (Å²) in [7, 11) is 0. The summed E-state index contributed by atoms with van der Waals surface area (Å²) >= 11 is 0. The van der Waals surface area contributed by atoms with E-state index in [1.807, 2.05) is 24.3 Å². The quantitative estimate of drug-likeness (QED) is 0.624. The summed E-state index contributed by atoms with van der Waals surface area (Å²) in [6, 6.07) is 8.22.